The van der Waals surface area contributed by atoms with E-state index in [1.165, 1.54) is 83.3 Å². The molecule has 2 aromatic heterocycles. The normalized spacial score (nSPS) is 16.0. The molecule has 59 heavy (non-hydrogen) atoms. The molecule has 3 aliphatic rings. The average molecular weight is 759 g/mol. The number of hydrogen-bond donors (Lipinski definition) is 0. The van der Waals surface area contributed by atoms with Crippen molar-refractivity contribution in [3.05, 3.63) is 179 Å². The molecule has 0 fully saturated rings. The predicted octanol–water partition coefficient (Wildman–Crippen LogP) is 15.7. The van der Waals surface area contributed by atoms with Gasteiger partial charge in [0.25, 0.3) is 0 Å². The molecule has 0 aliphatic heterocycles. The lowest BCUT2D eigenvalue weighted by Crippen LogP contribution is -2.15. The Bertz CT molecular complexity index is 3520. The van der Waals surface area contributed by atoms with Crippen LogP contribution in [-0.4, -0.2) is 0 Å². The molecule has 2 heteroatoms. The fourth-order valence-corrected chi connectivity index (χ4v) is 11.5. The van der Waals surface area contributed by atoms with Crippen molar-refractivity contribution < 1.29 is 8.83 Å². The van der Waals surface area contributed by atoms with Crippen molar-refractivity contribution >= 4 is 43.9 Å². The van der Waals surface area contributed by atoms with Gasteiger partial charge in [-0.2, -0.15) is 0 Å². The van der Waals surface area contributed by atoms with E-state index in [0.29, 0.717) is 0 Å². The minimum absolute atomic E-state index is 0.0121. The fourth-order valence-electron chi connectivity index (χ4n) is 11.5. The van der Waals surface area contributed by atoms with E-state index in [1.807, 2.05) is 0 Å². The topological polar surface area (TPSA) is 26.3 Å². The molecule has 3 aliphatic carbocycles. The number of rotatable bonds is 2. The maximum Gasteiger partial charge on any atom is 0.143 e. The van der Waals surface area contributed by atoms with Gasteiger partial charge in [-0.3, -0.25) is 0 Å². The number of benzene rings is 8. The highest BCUT2D eigenvalue weighted by Crippen LogP contribution is 2.58. The highest BCUT2D eigenvalue weighted by atomic mass is 16.3. The minimum atomic E-state index is -0.274. The van der Waals surface area contributed by atoms with E-state index < -0.39 is 0 Å². The monoisotopic (exact) mass is 758 g/mol. The summed E-state index contributed by atoms with van der Waals surface area (Å²) in [5, 5.41) is 4.62. The molecule has 0 N–H and O–H groups in total. The van der Waals surface area contributed by atoms with Crippen molar-refractivity contribution in [1.29, 1.82) is 0 Å². The Labute approximate surface area is 343 Å². The molecule has 0 spiro atoms. The van der Waals surface area contributed by atoms with Gasteiger partial charge in [-0.15, -0.1) is 0 Å². The molecule has 2 nitrogen and oxygen atoms in total. The van der Waals surface area contributed by atoms with Crippen LogP contribution in [0.4, 0.5) is 0 Å². The van der Waals surface area contributed by atoms with Gasteiger partial charge >= 0.3 is 0 Å². The van der Waals surface area contributed by atoms with Gasteiger partial charge in [0.1, 0.15) is 22.3 Å². The number of para-hydroxylation sites is 1. The summed E-state index contributed by atoms with van der Waals surface area (Å²) in [6, 6.07) is 54.2. The lowest BCUT2D eigenvalue weighted by Gasteiger charge is -2.23. The molecule has 10 aromatic rings. The number of furan rings is 2. The zero-order valence-corrected chi connectivity index (χ0v) is 34.2. The predicted molar refractivity (Wildman–Crippen MR) is 245 cm³/mol. The zero-order valence-electron chi connectivity index (χ0n) is 34.2. The lowest BCUT2D eigenvalue weighted by molar-refractivity contribution is 0.646. The molecule has 0 saturated carbocycles. The van der Waals surface area contributed by atoms with Gasteiger partial charge in [0, 0.05) is 43.4 Å². The highest BCUT2D eigenvalue weighted by molar-refractivity contribution is 6.20. The van der Waals surface area contributed by atoms with E-state index in [4.69, 9.17) is 8.83 Å². The van der Waals surface area contributed by atoms with E-state index in [0.717, 1.165) is 49.6 Å². The third-order valence-corrected chi connectivity index (χ3v) is 14.7. The summed E-state index contributed by atoms with van der Waals surface area (Å²) in [6.07, 6.45) is 0. The second kappa shape index (κ2) is 10.9. The summed E-state index contributed by atoms with van der Waals surface area (Å²) in [5.74, 6) is 0. The van der Waals surface area contributed by atoms with Crippen molar-refractivity contribution in [1.82, 2.24) is 0 Å². The lowest BCUT2D eigenvalue weighted by atomic mass is 9.80. The Morgan fingerprint density at radius 1 is 0.322 bits per heavy atom. The molecule has 282 valence electrons. The van der Waals surface area contributed by atoms with E-state index in [1.54, 1.807) is 0 Å². The molecular formula is C57H42O2. The minimum Gasteiger partial charge on any atom is -0.456 e. The van der Waals surface area contributed by atoms with Crippen LogP contribution >= 0.6 is 0 Å². The summed E-state index contributed by atoms with van der Waals surface area (Å²) in [4.78, 5) is 0. The second-order valence-electron chi connectivity index (χ2n) is 18.8. The van der Waals surface area contributed by atoms with Gasteiger partial charge in [0.05, 0.1) is 0 Å². The fraction of sp³-hybridized carbons (Fsp3) is 0.158. The van der Waals surface area contributed by atoms with Crippen LogP contribution in [0.25, 0.3) is 99.5 Å². The SMILES string of the molecule is CC1(C)c2ccccc2-c2cc(-c3ccc4c(c3)oc3cc5c(cc34)-c3c(cc(-c4ccc6c(c4)-c4ccccc4C6(C)C)c4oc6ccccc6c34)C5(C)C)ccc21. The van der Waals surface area contributed by atoms with Crippen LogP contribution in [0.15, 0.2) is 154 Å². The van der Waals surface area contributed by atoms with Gasteiger partial charge in [0.15, 0.2) is 0 Å². The molecule has 0 unspecified atom stereocenters. The van der Waals surface area contributed by atoms with Crippen LogP contribution in [0.5, 0.6) is 0 Å². The third kappa shape index (κ3) is 4.16. The summed E-state index contributed by atoms with van der Waals surface area (Å²) >= 11 is 0. The smallest absolute Gasteiger partial charge is 0.143 e. The van der Waals surface area contributed by atoms with Gasteiger partial charge in [-0.05, 0) is 132 Å². The first-order valence-corrected chi connectivity index (χ1v) is 21.0. The molecule has 8 aromatic carbocycles. The standard InChI is InChI=1S/C57H42O2/c1-55(2)43-16-10-7-13-34(43)39-25-31(20-23-45(39)55)32-19-22-36-41-28-42-47(30-51(41)58-50(36)27-32)57(5,6)48-29-38(54-53(52(42)48)37-15-9-12-18-49(37)59-54)33-21-24-46-40(26-33)35-14-8-11-17-44(35)56(46,3)4/h7-30H,1-6H3. The van der Waals surface area contributed by atoms with Crippen LogP contribution in [0, 0.1) is 0 Å². The summed E-state index contributed by atoms with van der Waals surface area (Å²) in [5.41, 5.74) is 24.1. The number of hydrogen-bond acceptors (Lipinski definition) is 2. The first-order chi connectivity index (χ1) is 28.5. The maximum absolute atomic E-state index is 6.91. The van der Waals surface area contributed by atoms with Crippen LogP contribution < -0.4 is 0 Å². The van der Waals surface area contributed by atoms with Crippen molar-refractivity contribution in [3.8, 4) is 55.6 Å². The summed E-state index contributed by atoms with van der Waals surface area (Å²) < 4.78 is 13.7. The van der Waals surface area contributed by atoms with Crippen LogP contribution in [-0.2, 0) is 16.2 Å². The molecular weight excluding hydrogens is 717 g/mol. The third-order valence-electron chi connectivity index (χ3n) is 14.7. The molecule has 0 amide bonds. The van der Waals surface area contributed by atoms with Gasteiger partial charge in [-0.1, -0.05) is 139 Å². The van der Waals surface area contributed by atoms with E-state index in [2.05, 4.69) is 187 Å². The van der Waals surface area contributed by atoms with E-state index in [-0.39, 0.29) is 16.2 Å². The Morgan fingerprint density at radius 2 is 0.881 bits per heavy atom. The van der Waals surface area contributed by atoms with Gasteiger partial charge in [0.2, 0.25) is 0 Å². The van der Waals surface area contributed by atoms with Crippen molar-refractivity contribution in [2.45, 2.75) is 57.8 Å². The molecule has 13 rings (SSSR count). The first kappa shape index (κ1) is 33.3. The summed E-state index contributed by atoms with van der Waals surface area (Å²) in [7, 11) is 0. The van der Waals surface area contributed by atoms with Crippen molar-refractivity contribution in [2.75, 3.05) is 0 Å². The second-order valence-corrected chi connectivity index (χ2v) is 18.8. The van der Waals surface area contributed by atoms with E-state index in [9.17, 15) is 0 Å². The van der Waals surface area contributed by atoms with Gasteiger partial charge in [-0.25, -0.2) is 0 Å². The molecule has 0 bridgehead atoms. The molecule has 0 saturated heterocycles. The maximum atomic E-state index is 6.91. The molecule has 0 atom stereocenters. The number of fused-ring (bicyclic) bond motifs is 16. The van der Waals surface area contributed by atoms with Crippen LogP contribution in [0.2, 0.25) is 0 Å². The molecule has 0 radical (unpaired) electrons. The van der Waals surface area contributed by atoms with Gasteiger partial charge < -0.3 is 8.83 Å². The highest BCUT2D eigenvalue weighted by Gasteiger charge is 2.41. The summed E-state index contributed by atoms with van der Waals surface area (Å²) in [6.45, 7) is 14.1. The molecule has 2 heterocycles. The van der Waals surface area contributed by atoms with Crippen LogP contribution in [0.1, 0.15) is 74.9 Å². The van der Waals surface area contributed by atoms with Crippen molar-refractivity contribution in [3.63, 3.8) is 0 Å². The van der Waals surface area contributed by atoms with E-state index >= 15 is 0 Å². The van der Waals surface area contributed by atoms with Crippen LogP contribution in [0.3, 0.4) is 0 Å². The Kier molecular flexibility index (Phi) is 6.16. The Balaban J connectivity index is 0.992. The van der Waals surface area contributed by atoms with Crippen molar-refractivity contribution in [2.24, 2.45) is 0 Å². The Hall–Kier alpha value is -6.64. The Morgan fingerprint density at radius 3 is 1.61 bits per heavy atom. The largest absolute Gasteiger partial charge is 0.456 e. The quantitative estimate of drug-likeness (QED) is 0.175. The zero-order chi connectivity index (χ0) is 39.7. The first-order valence-electron chi connectivity index (χ1n) is 21.0. The average Bonchev–Trinajstić information content (AvgIpc) is 3.99.